The lowest BCUT2D eigenvalue weighted by Crippen LogP contribution is -2.32. The second-order valence-corrected chi connectivity index (χ2v) is 7.78. The molecular formula is C24H30N2O4. The van der Waals surface area contributed by atoms with E-state index in [4.69, 9.17) is 9.47 Å². The van der Waals surface area contributed by atoms with Crippen LogP contribution in [0.2, 0.25) is 0 Å². The zero-order chi connectivity index (χ0) is 21.7. The van der Waals surface area contributed by atoms with Crippen LogP contribution < -0.4 is 20.1 Å². The Balaban J connectivity index is 1.68. The van der Waals surface area contributed by atoms with E-state index in [0.717, 1.165) is 40.2 Å². The summed E-state index contributed by atoms with van der Waals surface area (Å²) in [5.74, 6) is 1.31. The molecule has 0 radical (unpaired) electrons. The molecule has 0 aromatic heterocycles. The van der Waals surface area contributed by atoms with Crippen molar-refractivity contribution in [3.05, 3.63) is 58.7 Å². The third-order valence-corrected chi connectivity index (χ3v) is 5.10. The van der Waals surface area contributed by atoms with Crippen LogP contribution in [0.3, 0.4) is 0 Å². The summed E-state index contributed by atoms with van der Waals surface area (Å²) in [6.07, 6.45) is 1.16. The normalized spacial score (nSPS) is 15.7. The van der Waals surface area contributed by atoms with Crippen LogP contribution >= 0.6 is 0 Å². The van der Waals surface area contributed by atoms with Gasteiger partial charge in [0.05, 0.1) is 19.1 Å². The average Bonchev–Trinajstić information content (AvgIpc) is 3.05. The molecular weight excluding hydrogens is 380 g/mol. The summed E-state index contributed by atoms with van der Waals surface area (Å²) < 4.78 is 11.6. The van der Waals surface area contributed by atoms with Crippen molar-refractivity contribution in [3.63, 3.8) is 0 Å². The molecule has 2 atom stereocenters. The van der Waals surface area contributed by atoms with Gasteiger partial charge in [-0.1, -0.05) is 29.8 Å². The number of benzene rings is 2. The van der Waals surface area contributed by atoms with Crippen LogP contribution in [-0.4, -0.2) is 24.5 Å². The maximum absolute atomic E-state index is 12.7. The van der Waals surface area contributed by atoms with Crippen molar-refractivity contribution in [2.45, 2.75) is 59.2 Å². The highest BCUT2D eigenvalue weighted by Crippen LogP contribution is 2.35. The van der Waals surface area contributed by atoms with E-state index in [1.807, 2.05) is 57.2 Å². The molecule has 160 valence electrons. The topological polar surface area (TPSA) is 76.7 Å². The number of ether oxygens (including phenoxy) is 2. The Labute approximate surface area is 178 Å². The van der Waals surface area contributed by atoms with E-state index in [2.05, 4.69) is 10.6 Å². The van der Waals surface area contributed by atoms with Crippen molar-refractivity contribution in [1.29, 1.82) is 0 Å². The van der Waals surface area contributed by atoms with Crippen LogP contribution in [0, 0.1) is 6.92 Å². The van der Waals surface area contributed by atoms with Crippen molar-refractivity contribution < 1.29 is 19.1 Å². The van der Waals surface area contributed by atoms with Gasteiger partial charge in [0, 0.05) is 31.0 Å². The highest BCUT2D eigenvalue weighted by atomic mass is 16.5. The molecule has 2 aromatic carbocycles. The van der Waals surface area contributed by atoms with Gasteiger partial charge in [-0.05, 0) is 38.5 Å². The molecule has 0 aliphatic carbocycles. The predicted molar refractivity (Wildman–Crippen MR) is 116 cm³/mol. The molecule has 1 aliphatic heterocycles. The summed E-state index contributed by atoms with van der Waals surface area (Å²) in [6, 6.07) is 11.4. The number of fused-ring (bicyclic) bond motifs is 1. The van der Waals surface area contributed by atoms with E-state index < -0.39 is 0 Å². The van der Waals surface area contributed by atoms with Gasteiger partial charge in [0.2, 0.25) is 11.8 Å². The lowest BCUT2D eigenvalue weighted by molar-refractivity contribution is -0.122. The van der Waals surface area contributed by atoms with Crippen molar-refractivity contribution in [2.24, 2.45) is 0 Å². The van der Waals surface area contributed by atoms with Crippen LogP contribution in [0.25, 0.3) is 0 Å². The molecule has 6 nitrogen and oxygen atoms in total. The number of hydrogen-bond donors (Lipinski definition) is 2. The standard InChI is InChI=1S/C24H30N2O4/c1-5-29-22-11-19-10-16(3)30-23(19)12-20(22)14-25-24(28)13-21(26-17(4)27)18-8-6-15(2)7-9-18/h6-9,11-12,16,21H,5,10,13-14H2,1-4H3,(H,25,28)(H,26,27)/t16-,21-/m0/s1. The number of carbonyl (C=O) groups excluding carboxylic acids is 2. The van der Waals surface area contributed by atoms with Crippen molar-refractivity contribution in [1.82, 2.24) is 10.6 Å². The van der Waals surface area contributed by atoms with Gasteiger partial charge < -0.3 is 20.1 Å². The van der Waals surface area contributed by atoms with Gasteiger partial charge in [-0.3, -0.25) is 9.59 Å². The third-order valence-electron chi connectivity index (χ3n) is 5.10. The van der Waals surface area contributed by atoms with E-state index >= 15 is 0 Å². The fourth-order valence-electron chi connectivity index (χ4n) is 3.66. The first kappa shape index (κ1) is 21.7. The summed E-state index contributed by atoms with van der Waals surface area (Å²) in [4.78, 5) is 24.3. The largest absolute Gasteiger partial charge is 0.494 e. The molecule has 2 N–H and O–H groups in total. The van der Waals surface area contributed by atoms with Crippen LogP contribution in [0.5, 0.6) is 11.5 Å². The predicted octanol–water partition coefficient (Wildman–Crippen LogP) is 3.60. The lowest BCUT2D eigenvalue weighted by atomic mass is 10.0. The molecule has 1 aliphatic rings. The molecule has 0 bridgehead atoms. The maximum Gasteiger partial charge on any atom is 0.222 e. The number of nitrogens with one attached hydrogen (secondary N) is 2. The van der Waals surface area contributed by atoms with Crippen LogP contribution in [-0.2, 0) is 22.6 Å². The van der Waals surface area contributed by atoms with E-state index in [0.29, 0.717) is 13.2 Å². The summed E-state index contributed by atoms with van der Waals surface area (Å²) in [5, 5.41) is 5.83. The van der Waals surface area contributed by atoms with Crippen molar-refractivity contribution in [2.75, 3.05) is 6.61 Å². The zero-order valence-corrected chi connectivity index (χ0v) is 18.1. The monoisotopic (exact) mass is 410 g/mol. The van der Waals surface area contributed by atoms with Crippen molar-refractivity contribution >= 4 is 11.8 Å². The highest BCUT2D eigenvalue weighted by Gasteiger charge is 2.22. The third kappa shape index (κ3) is 5.53. The number of rotatable bonds is 8. The molecule has 30 heavy (non-hydrogen) atoms. The van der Waals surface area contributed by atoms with E-state index in [9.17, 15) is 9.59 Å². The minimum atomic E-state index is -0.376. The summed E-state index contributed by atoms with van der Waals surface area (Å²) in [7, 11) is 0. The first-order valence-electron chi connectivity index (χ1n) is 10.4. The molecule has 2 aromatic rings. The summed E-state index contributed by atoms with van der Waals surface area (Å²) >= 11 is 0. The molecule has 0 spiro atoms. The number of aryl methyl sites for hydroxylation is 1. The van der Waals surface area contributed by atoms with Crippen LogP contribution in [0.4, 0.5) is 0 Å². The Morgan fingerprint density at radius 2 is 1.97 bits per heavy atom. The molecule has 1 heterocycles. The Bertz CT molecular complexity index is 908. The van der Waals surface area contributed by atoms with Crippen LogP contribution in [0.1, 0.15) is 55.5 Å². The van der Waals surface area contributed by atoms with Gasteiger partial charge >= 0.3 is 0 Å². The van der Waals surface area contributed by atoms with Crippen molar-refractivity contribution in [3.8, 4) is 11.5 Å². The Morgan fingerprint density at radius 1 is 1.23 bits per heavy atom. The summed E-state index contributed by atoms with van der Waals surface area (Å²) in [6.45, 7) is 8.32. The number of carbonyl (C=O) groups is 2. The smallest absolute Gasteiger partial charge is 0.222 e. The lowest BCUT2D eigenvalue weighted by Gasteiger charge is -2.19. The van der Waals surface area contributed by atoms with Gasteiger partial charge in [0.1, 0.15) is 17.6 Å². The van der Waals surface area contributed by atoms with Gasteiger partial charge in [-0.25, -0.2) is 0 Å². The fourth-order valence-corrected chi connectivity index (χ4v) is 3.66. The molecule has 0 fully saturated rings. The van der Waals surface area contributed by atoms with E-state index in [1.165, 1.54) is 6.92 Å². The molecule has 3 rings (SSSR count). The summed E-state index contributed by atoms with van der Waals surface area (Å²) in [5.41, 5.74) is 4.04. The molecule has 0 unspecified atom stereocenters. The molecule has 2 amide bonds. The highest BCUT2D eigenvalue weighted by molar-refractivity contribution is 5.79. The minimum absolute atomic E-state index is 0.146. The average molecular weight is 411 g/mol. The Hall–Kier alpha value is -3.02. The van der Waals surface area contributed by atoms with Gasteiger partial charge in [-0.2, -0.15) is 0 Å². The second kappa shape index (κ2) is 9.65. The fraction of sp³-hybridized carbons (Fsp3) is 0.417. The number of amides is 2. The zero-order valence-electron chi connectivity index (χ0n) is 18.1. The quantitative estimate of drug-likeness (QED) is 0.697. The SMILES string of the molecule is CCOc1cc2c(cc1CNC(=O)C[C@H](NC(C)=O)c1ccc(C)cc1)O[C@@H](C)C2. The first-order valence-corrected chi connectivity index (χ1v) is 10.4. The second-order valence-electron chi connectivity index (χ2n) is 7.78. The number of hydrogen-bond acceptors (Lipinski definition) is 4. The van der Waals surface area contributed by atoms with Gasteiger partial charge in [-0.15, -0.1) is 0 Å². The Morgan fingerprint density at radius 3 is 2.63 bits per heavy atom. The van der Waals surface area contributed by atoms with Crippen LogP contribution in [0.15, 0.2) is 36.4 Å². The van der Waals surface area contributed by atoms with Gasteiger partial charge in [0.25, 0.3) is 0 Å². The Kier molecular flexibility index (Phi) is 6.98. The first-order chi connectivity index (χ1) is 14.4. The van der Waals surface area contributed by atoms with E-state index in [-0.39, 0.29) is 30.4 Å². The molecule has 0 saturated carbocycles. The van der Waals surface area contributed by atoms with E-state index in [1.54, 1.807) is 0 Å². The molecule has 0 saturated heterocycles. The minimum Gasteiger partial charge on any atom is -0.494 e. The molecule has 6 heteroatoms. The van der Waals surface area contributed by atoms with Gasteiger partial charge in [0.15, 0.2) is 0 Å². The maximum atomic E-state index is 12.7.